The van der Waals surface area contributed by atoms with Crippen LogP contribution in [-0.2, 0) is 4.79 Å². The fraction of sp³-hybridized carbons (Fsp3) is 0.680. The van der Waals surface area contributed by atoms with E-state index in [9.17, 15) is 9.59 Å². The SMILES string of the molecule is CCOc1cc(C(=O)NC2CCN(C(=O)C3CCCCC3)CC2)cc(OCC)c1OCC. The van der Waals surface area contributed by atoms with Crippen LogP contribution < -0.4 is 19.5 Å². The van der Waals surface area contributed by atoms with E-state index in [4.69, 9.17) is 14.2 Å². The number of rotatable bonds is 9. The number of piperidine rings is 1. The van der Waals surface area contributed by atoms with Crippen LogP contribution in [0.25, 0.3) is 0 Å². The Bertz CT molecular complexity index is 741. The molecular formula is C25H38N2O5. The predicted molar refractivity (Wildman–Crippen MR) is 124 cm³/mol. The molecular weight excluding hydrogens is 408 g/mol. The van der Waals surface area contributed by atoms with E-state index in [1.54, 1.807) is 12.1 Å². The molecule has 1 saturated carbocycles. The minimum Gasteiger partial charge on any atom is -0.490 e. The van der Waals surface area contributed by atoms with Gasteiger partial charge in [0.25, 0.3) is 5.91 Å². The topological polar surface area (TPSA) is 77.1 Å². The normalized spacial score (nSPS) is 17.7. The summed E-state index contributed by atoms with van der Waals surface area (Å²) in [6, 6.07) is 3.48. The lowest BCUT2D eigenvalue weighted by Gasteiger charge is -2.35. The van der Waals surface area contributed by atoms with Crippen molar-refractivity contribution in [3.8, 4) is 17.2 Å². The Morgan fingerprint density at radius 1 is 0.875 bits per heavy atom. The van der Waals surface area contributed by atoms with E-state index < -0.39 is 0 Å². The van der Waals surface area contributed by atoms with Crippen molar-refractivity contribution < 1.29 is 23.8 Å². The van der Waals surface area contributed by atoms with Crippen molar-refractivity contribution in [1.29, 1.82) is 0 Å². The molecule has 0 radical (unpaired) electrons. The van der Waals surface area contributed by atoms with Gasteiger partial charge in [0, 0.05) is 30.6 Å². The van der Waals surface area contributed by atoms with E-state index in [-0.39, 0.29) is 17.9 Å². The monoisotopic (exact) mass is 446 g/mol. The maximum Gasteiger partial charge on any atom is 0.251 e. The number of carbonyl (C=O) groups excluding carboxylic acids is 2. The van der Waals surface area contributed by atoms with Gasteiger partial charge in [-0.3, -0.25) is 9.59 Å². The average Bonchev–Trinajstić information content (AvgIpc) is 2.82. The van der Waals surface area contributed by atoms with Crippen molar-refractivity contribution in [2.45, 2.75) is 71.8 Å². The number of nitrogens with one attached hydrogen (secondary N) is 1. The number of nitrogens with zero attached hydrogens (tertiary/aromatic N) is 1. The van der Waals surface area contributed by atoms with Crippen LogP contribution in [0.5, 0.6) is 17.2 Å². The Balaban J connectivity index is 1.62. The van der Waals surface area contributed by atoms with Crippen LogP contribution in [0.15, 0.2) is 12.1 Å². The molecule has 1 N–H and O–H groups in total. The minimum absolute atomic E-state index is 0.0514. The summed E-state index contributed by atoms with van der Waals surface area (Å²) in [5, 5.41) is 3.14. The molecule has 7 nitrogen and oxygen atoms in total. The first-order valence-electron chi connectivity index (χ1n) is 12.2. The maximum absolute atomic E-state index is 13.0. The van der Waals surface area contributed by atoms with Gasteiger partial charge in [-0.25, -0.2) is 0 Å². The summed E-state index contributed by atoms with van der Waals surface area (Å²) in [4.78, 5) is 27.8. The molecule has 0 bridgehead atoms. The number of likely N-dealkylation sites (tertiary alicyclic amines) is 1. The lowest BCUT2D eigenvalue weighted by atomic mass is 9.87. The quantitative estimate of drug-likeness (QED) is 0.616. The zero-order valence-electron chi connectivity index (χ0n) is 19.8. The first-order valence-corrected chi connectivity index (χ1v) is 12.2. The molecule has 7 heteroatoms. The number of benzene rings is 1. The molecule has 0 spiro atoms. The van der Waals surface area contributed by atoms with Gasteiger partial charge in [-0.2, -0.15) is 0 Å². The van der Waals surface area contributed by atoms with Crippen LogP contribution in [0.4, 0.5) is 0 Å². The second kappa shape index (κ2) is 12.0. The summed E-state index contributed by atoms with van der Waals surface area (Å²) >= 11 is 0. The summed E-state index contributed by atoms with van der Waals surface area (Å²) in [6.45, 7) is 8.50. The smallest absolute Gasteiger partial charge is 0.251 e. The molecule has 1 aromatic rings. The van der Waals surface area contributed by atoms with Crippen molar-refractivity contribution in [2.24, 2.45) is 5.92 Å². The molecule has 2 fully saturated rings. The number of hydrogen-bond acceptors (Lipinski definition) is 5. The lowest BCUT2D eigenvalue weighted by Crippen LogP contribution is -2.48. The van der Waals surface area contributed by atoms with Crippen molar-refractivity contribution in [3.05, 3.63) is 17.7 Å². The minimum atomic E-state index is -0.160. The molecule has 0 atom stereocenters. The van der Waals surface area contributed by atoms with Gasteiger partial charge in [0.1, 0.15) is 0 Å². The molecule has 1 heterocycles. The van der Waals surface area contributed by atoms with Crippen LogP contribution in [0.2, 0.25) is 0 Å². The summed E-state index contributed by atoms with van der Waals surface area (Å²) < 4.78 is 17.2. The Kier molecular flexibility index (Phi) is 9.06. The van der Waals surface area contributed by atoms with Crippen LogP contribution >= 0.6 is 0 Å². The van der Waals surface area contributed by atoms with Gasteiger partial charge in [0.15, 0.2) is 11.5 Å². The highest BCUT2D eigenvalue weighted by atomic mass is 16.5. The zero-order chi connectivity index (χ0) is 22.9. The van der Waals surface area contributed by atoms with Gasteiger partial charge in [-0.05, 0) is 58.6 Å². The third kappa shape index (κ3) is 6.08. The highest BCUT2D eigenvalue weighted by Crippen LogP contribution is 2.39. The molecule has 178 valence electrons. The Morgan fingerprint density at radius 2 is 1.44 bits per heavy atom. The highest BCUT2D eigenvalue weighted by Gasteiger charge is 2.30. The van der Waals surface area contributed by atoms with Crippen molar-refractivity contribution >= 4 is 11.8 Å². The molecule has 0 unspecified atom stereocenters. The van der Waals surface area contributed by atoms with Gasteiger partial charge in [-0.1, -0.05) is 19.3 Å². The molecule has 2 amide bonds. The van der Waals surface area contributed by atoms with Crippen LogP contribution in [0.3, 0.4) is 0 Å². The van der Waals surface area contributed by atoms with E-state index >= 15 is 0 Å². The maximum atomic E-state index is 13.0. The van der Waals surface area contributed by atoms with Gasteiger partial charge in [0.2, 0.25) is 11.7 Å². The first-order chi connectivity index (χ1) is 15.6. The van der Waals surface area contributed by atoms with Crippen LogP contribution in [-0.4, -0.2) is 55.7 Å². The standard InChI is InChI=1S/C25H38N2O5/c1-4-30-21-16-19(17-22(31-5-2)23(21)32-6-3)24(28)26-20-12-14-27(15-13-20)25(29)18-10-8-7-9-11-18/h16-18,20H,4-15H2,1-3H3,(H,26,28). The predicted octanol–water partition coefficient (Wildman–Crippen LogP) is 4.18. The second-order valence-corrected chi connectivity index (χ2v) is 8.51. The number of amides is 2. The second-order valence-electron chi connectivity index (χ2n) is 8.51. The summed E-state index contributed by atoms with van der Waals surface area (Å²) in [5.41, 5.74) is 0.487. The summed E-state index contributed by atoms with van der Waals surface area (Å²) in [7, 11) is 0. The van der Waals surface area contributed by atoms with Gasteiger partial charge >= 0.3 is 0 Å². The molecule has 2 aliphatic rings. The third-order valence-electron chi connectivity index (χ3n) is 6.27. The van der Waals surface area contributed by atoms with Crippen molar-refractivity contribution in [2.75, 3.05) is 32.9 Å². The average molecular weight is 447 g/mol. The summed E-state index contributed by atoms with van der Waals surface area (Å²) in [5.74, 6) is 1.91. The molecule has 32 heavy (non-hydrogen) atoms. The van der Waals surface area contributed by atoms with Gasteiger partial charge < -0.3 is 24.4 Å². The lowest BCUT2D eigenvalue weighted by molar-refractivity contribution is -0.137. The first kappa shape index (κ1) is 24.2. The highest BCUT2D eigenvalue weighted by molar-refractivity contribution is 5.95. The number of ether oxygens (including phenoxy) is 3. The molecule has 1 aliphatic heterocycles. The van der Waals surface area contributed by atoms with E-state index in [0.29, 0.717) is 61.6 Å². The Labute approximate surface area is 191 Å². The van der Waals surface area contributed by atoms with Gasteiger partial charge in [0.05, 0.1) is 19.8 Å². The largest absolute Gasteiger partial charge is 0.490 e. The van der Waals surface area contributed by atoms with Crippen LogP contribution in [0, 0.1) is 5.92 Å². The van der Waals surface area contributed by atoms with E-state index in [2.05, 4.69) is 5.32 Å². The summed E-state index contributed by atoms with van der Waals surface area (Å²) in [6.07, 6.45) is 7.18. The Hall–Kier alpha value is -2.44. The third-order valence-corrected chi connectivity index (χ3v) is 6.27. The molecule has 0 aromatic heterocycles. The molecule has 1 saturated heterocycles. The van der Waals surface area contributed by atoms with E-state index in [1.807, 2.05) is 25.7 Å². The van der Waals surface area contributed by atoms with Gasteiger partial charge in [-0.15, -0.1) is 0 Å². The van der Waals surface area contributed by atoms with E-state index in [0.717, 1.165) is 25.7 Å². The molecule has 1 aromatic carbocycles. The molecule has 1 aliphatic carbocycles. The number of hydrogen-bond donors (Lipinski definition) is 1. The fourth-order valence-corrected chi connectivity index (χ4v) is 4.64. The van der Waals surface area contributed by atoms with Crippen LogP contribution in [0.1, 0.15) is 76.1 Å². The van der Waals surface area contributed by atoms with E-state index in [1.165, 1.54) is 19.3 Å². The van der Waals surface area contributed by atoms with Crippen molar-refractivity contribution in [1.82, 2.24) is 10.2 Å². The zero-order valence-corrected chi connectivity index (χ0v) is 19.8. The Morgan fingerprint density at radius 3 is 1.97 bits per heavy atom. The molecule has 3 rings (SSSR count). The van der Waals surface area contributed by atoms with Crippen molar-refractivity contribution in [3.63, 3.8) is 0 Å². The fourth-order valence-electron chi connectivity index (χ4n) is 4.64. The number of carbonyl (C=O) groups is 2.